The Morgan fingerprint density at radius 2 is 1.08 bits per heavy atom. The average Bonchev–Trinajstić information content (AvgIpc) is 4.20. The van der Waals surface area contributed by atoms with E-state index in [4.69, 9.17) is 13.8 Å². The molecule has 6 fully saturated rings. The van der Waals surface area contributed by atoms with E-state index in [1.165, 1.54) is 64.4 Å². The summed E-state index contributed by atoms with van der Waals surface area (Å²) in [5.41, 5.74) is 2.08. The first-order valence-electron chi connectivity index (χ1n) is 26.1. The van der Waals surface area contributed by atoms with E-state index in [-0.39, 0.29) is 42.0 Å². The summed E-state index contributed by atoms with van der Waals surface area (Å²) >= 11 is 5.13. The molecule has 10 rings (SSSR count). The van der Waals surface area contributed by atoms with Crippen molar-refractivity contribution in [3.63, 3.8) is 0 Å². The Bertz CT molecular complexity index is 2610. The van der Waals surface area contributed by atoms with Crippen LogP contribution in [-0.2, 0) is 4.28 Å². The number of hydrogen-bond donors (Lipinski definition) is 2. The summed E-state index contributed by atoms with van der Waals surface area (Å²) < 4.78 is 138. The zero-order chi connectivity index (χ0) is 54.8. The number of anilines is 1. The van der Waals surface area contributed by atoms with Crippen LogP contribution in [-0.4, -0.2) is 84.5 Å². The molecule has 2 amide bonds. The van der Waals surface area contributed by atoms with Gasteiger partial charge >= 0.3 is 6.36 Å². The van der Waals surface area contributed by atoms with E-state index in [9.17, 15) is 44.7 Å². The standard InChI is InChI=1S/C26H29F4N3O3S2.C26H28F4N2O3S2.C2H6.H2S/c1-32(17-10-22(28)25(30)23(29)11-17)38-36-33-8-6-15(7-9-33)14-35-24-13-21(27)20(12-19(24)16-2-3-16)26(34)31-37-18-4-5-18;27-23-14-24(21(17-1-2-17)13-22(23)25(33)31-36-19-7-8-19)34-15-16-9-11-32(12-10-16)37-20-5-3-18(4-6-20)35-26(28,29)30;1-2;/h10-13,15-16,18H,2-9,14H2,1H3,(H,31,34);3-6,13-14,16-17,19H,1-2,7-12,15H2,(H,31,33);1-2H3;1H2. The molecule has 4 aromatic rings. The van der Waals surface area contributed by atoms with Gasteiger partial charge in [0.1, 0.15) is 41.1 Å². The predicted octanol–water partition coefficient (Wildman–Crippen LogP) is 14.5. The smallest absolute Gasteiger partial charge is 0.493 e. The Hall–Kier alpha value is -3.91. The summed E-state index contributed by atoms with van der Waals surface area (Å²) in [6.45, 7) is 7.74. The van der Waals surface area contributed by atoms with Crippen molar-refractivity contribution < 1.29 is 63.2 Å². The highest BCUT2D eigenvalue weighted by atomic mass is 32.2. The fourth-order valence-electron chi connectivity index (χ4n) is 8.37. The molecule has 0 spiro atoms. The van der Waals surface area contributed by atoms with Gasteiger partial charge in [-0.05, 0) is 184 Å². The molecule has 2 N–H and O–H groups in total. The second kappa shape index (κ2) is 28.7. The fourth-order valence-corrected chi connectivity index (χ4v) is 11.4. The first kappa shape index (κ1) is 61.7. The Morgan fingerprint density at radius 1 is 0.628 bits per heavy atom. The van der Waals surface area contributed by atoms with E-state index in [1.54, 1.807) is 36.4 Å². The van der Waals surface area contributed by atoms with Crippen LogP contribution in [0.4, 0.5) is 40.8 Å². The van der Waals surface area contributed by atoms with Crippen LogP contribution in [0.1, 0.15) is 135 Å². The number of halogens is 8. The Balaban J connectivity index is 0.000000217. The van der Waals surface area contributed by atoms with Gasteiger partial charge in [0.25, 0.3) is 11.8 Å². The fraction of sp³-hybridized carbons (Fsp3) is 0.519. The van der Waals surface area contributed by atoms with Crippen LogP contribution in [0.5, 0.6) is 17.2 Å². The summed E-state index contributed by atoms with van der Waals surface area (Å²) in [4.78, 5) is 25.8. The van der Waals surface area contributed by atoms with Crippen LogP contribution in [0.2, 0.25) is 0 Å². The number of carbonyl (C=O) groups is 2. The molecule has 0 unspecified atom stereocenters. The number of hydrogen-bond acceptors (Lipinski definition) is 13. The maximum atomic E-state index is 14.8. The van der Waals surface area contributed by atoms with Gasteiger partial charge in [-0.2, -0.15) is 18.6 Å². The SMILES string of the molecule is CC.CN(SON1CCC(COc2cc(F)c(C(=O)NSC3CC3)cc2C2CC2)CC1)c1cc(F)c(F)c(F)c1.O=C(NSC1CC1)c1cc(C2CC2)c(OCC2CCN(Sc3ccc(OC(F)(F)F)cc3)CC2)cc1F.S. The summed E-state index contributed by atoms with van der Waals surface area (Å²) in [6.07, 6.45) is 6.99. The summed E-state index contributed by atoms with van der Waals surface area (Å²) in [5, 5.41) is 2.63. The van der Waals surface area contributed by atoms with Crippen LogP contribution in [0, 0.1) is 40.9 Å². The van der Waals surface area contributed by atoms with Crippen LogP contribution in [0.15, 0.2) is 65.6 Å². The third-order valence-corrected chi connectivity index (χ3v) is 17.4. The minimum atomic E-state index is -4.70. The van der Waals surface area contributed by atoms with Crippen LogP contribution in [0.25, 0.3) is 0 Å². The average molecular weight is 1190 g/mol. The third-order valence-electron chi connectivity index (χ3n) is 13.4. The maximum Gasteiger partial charge on any atom is 0.573 e. The lowest BCUT2D eigenvalue weighted by atomic mass is 9.99. The first-order chi connectivity index (χ1) is 37.0. The molecule has 2 saturated heterocycles. The number of alkyl halides is 3. The Labute approximate surface area is 474 Å². The molecule has 6 aliphatic rings. The van der Waals surface area contributed by atoms with Crippen molar-refractivity contribution in [2.75, 3.05) is 50.7 Å². The number of rotatable bonds is 21. The number of amides is 2. The number of carbonyl (C=O) groups excluding carboxylic acids is 2. The molecule has 2 aliphatic heterocycles. The molecule has 428 valence electrons. The minimum absolute atomic E-state index is 0. The van der Waals surface area contributed by atoms with Gasteiger partial charge in [-0.15, -0.1) is 13.2 Å². The molecule has 4 aromatic carbocycles. The molecule has 11 nitrogen and oxygen atoms in total. The molecule has 2 heterocycles. The predicted molar refractivity (Wildman–Crippen MR) is 297 cm³/mol. The van der Waals surface area contributed by atoms with Crippen LogP contribution in [0.3, 0.4) is 0 Å². The van der Waals surface area contributed by atoms with Crippen LogP contribution >= 0.6 is 61.6 Å². The summed E-state index contributed by atoms with van der Waals surface area (Å²) in [7, 11) is 1.56. The van der Waals surface area contributed by atoms with Gasteiger partial charge in [0.05, 0.1) is 30.0 Å². The van der Waals surface area contributed by atoms with Gasteiger partial charge in [0, 0.05) is 72.9 Å². The number of ether oxygens (including phenoxy) is 3. The lowest BCUT2D eigenvalue weighted by Gasteiger charge is -2.31. The molecular formula is C54H65F8N5O6S5. The van der Waals surface area contributed by atoms with E-state index in [0.717, 1.165) is 131 Å². The maximum absolute atomic E-state index is 14.8. The summed E-state index contributed by atoms with van der Waals surface area (Å²) in [6, 6.07) is 13.7. The number of nitrogens with zero attached hydrogens (tertiary/aromatic N) is 3. The van der Waals surface area contributed by atoms with E-state index in [1.807, 2.05) is 13.8 Å². The van der Waals surface area contributed by atoms with Crippen molar-refractivity contribution in [1.82, 2.24) is 18.8 Å². The van der Waals surface area contributed by atoms with E-state index in [0.29, 0.717) is 66.1 Å². The van der Waals surface area contributed by atoms with Crippen molar-refractivity contribution in [2.45, 2.75) is 124 Å². The number of piperidine rings is 2. The van der Waals surface area contributed by atoms with Gasteiger partial charge in [0.15, 0.2) is 17.5 Å². The quantitative estimate of drug-likeness (QED) is 0.0358. The number of nitrogens with one attached hydrogen (secondary N) is 2. The van der Waals surface area contributed by atoms with Gasteiger partial charge in [0.2, 0.25) is 0 Å². The highest BCUT2D eigenvalue weighted by molar-refractivity contribution is 7.99. The molecule has 78 heavy (non-hydrogen) atoms. The molecule has 0 aromatic heterocycles. The lowest BCUT2D eigenvalue weighted by Crippen LogP contribution is -2.35. The first-order valence-corrected chi connectivity index (χ1v) is 29.4. The van der Waals surface area contributed by atoms with E-state index < -0.39 is 47.3 Å². The molecular weight excluding hydrogens is 1130 g/mol. The Kier molecular flexibility index (Phi) is 22.7. The van der Waals surface area contributed by atoms with E-state index in [2.05, 4.69) is 18.5 Å². The molecule has 0 bridgehead atoms. The zero-order valence-electron chi connectivity index (χ0n) is 43.4. The van der Waals surface area contributed by atoms with Gasteiger partial charge < -0.3 is 14.2 Å². The molecule has 0 atom stereocenters. The van der Waals surface area contributed by atoms with Crippen molar-refractivity contribution in [3.05, 3.63) is 112 Å². The van der Waals surface area contributed by atoms with Crippen molar-refractivity contribution >= 4 is 79.1 Å². The normalized spacial score (nSPS) is 18.1. The van der Waals surface area contributed by atoms with Crippen LogP contribution < -0.4 is 28.0 Å². The summed E-state index contributed by atoms with van der Waals surface area (Å²) in [5.74, 6) is -4.01. The van der Waals surface area contributed by atoms with Crippen molar-refractivity contribution in [2.24, 2.45) is 11.8 Å². The topological polar surface area (TPSA) is 105 Å². The Morgan fingerprint density at radius 3 is 1.50 bits per heavy atom. The number of hydroxylamine groups is 2. The lowest BCUT2D eigenvalue weighted by molar-refractivity contribution is -0.274. The van der Waals surface area contributed by atoms with E-state index >= 15 is 0 Å². The molecule has 24 heteroatoms. The van der Waals surface area contributed by atoms with Crippen molar-refractivity contribution in [3.8, 4) is 17.2 Å². The van der Waals surface area contributed by atoms with Gasteiger partial charge in [-0.25, -0.2) is 30.5 Å². The zero-order valence-corrected chi connectivity index (χ0v) is 47.7. The molecule has 4 saturated carbocycles. The highest BCUT2D eigenvalue weighted by Gasteiger charge is 2.34. The number of benzene rings is 4. The van der Waals surface area contributed by atoms with Gasteiger partial charge in [-0.1, -0.05) is 13.8 Å². The van der Waals surface area contributed by atoms with Crippen molar-refractivity contribution in [1.29, 1.82) is 0 Å². The highest BCUT2D eigenvalue weighted by Crippen LogP contribution is 2.47. The second-order valence-electron chi connectivity index (χ2n) is 19.6. The monoisotopic (exact) mass is 1190 g/mol. The largest absolute Gasteiger partial charge is 0.573 e. The third kappa shape index (κ3) is 18.6. The van der Waals surface area contributed by atoms with Gasteiger partial charge in [-0.3, -0.25) is 23.3 Å². The second-order valence-corrected chi connectivity index (χ2v) is 23.9. The minimum Gasteiger partial charge on any atom is -0.493 e. The molecule has 4 aliphatic carbocycles. The molecule has 0 radical (unpaired) electrons.